The zero-order valence-electron chi connectivity index (χ0n) is 19.4. The first-order valence-corrected chi connectivity index (χ1v) is 11.4. The maximum absolute atomic E-state index is 12.7. The van der Waals surface area contributed by atoms with Gasteiger partial charge < -0.3 is 21.1 Å². The highest BCUT2D eigenvalue weighted by Gasteiger charge is 2.30. The molecule has 2 heterocycles. The minimum absolute atomic E-state index is 0.0665. The number of nitrogens with one attached hydrogen (secondary N) is 2. The second-order valence-corrected chi connectivity index (χ2v) is 8.53. The number of rotatable bonds is 6. The van der Waals surface area contributed by atoms with Crippen LogP contribution in [0.2, 0.25) is 0 Å². The number of carbonyl (C=O) groups excluding carboxylic acids is 2. The largest absolute Gasteiger partial charge is 0.469 e. The second kappa shape index (κ2) is 10.3. The highest BCUT2D eigenvalue weighted by Crippen LogP contribution is 2.32. The number of nitrogens with two attached hydrogens (primary N) is 1. The number of aromatic nitrogens is 2. The molecule has 8 nitrogen and oxygen atoms in total. The van der Waals surface area contributed by atoms with Crippen LogP contribution in [0.25, 0.3) is 11.3 Å². The molecular formula is C26H29N5O3. The molecule has 0 spiro atoms. The highest BCUT2D eigenvalue weighted by atomic mass is 16.5. The summed E-state index contributed by atoms with van der Waals surface area (Å²) >= 11 is 0. The SMILES string of the molecule is COC(=O)C1CCC(C(=O)Nc2ccc(Nc3cc(-c4ccccn4)ccc3N)c(C)n2)CC1. The molecule has 1 saturated carbocycles. The van der Waals surface area contributed by atoms with Crippen LogP contribution >= 0.6 is 0 Å². The molecule has 1 fully saturated rings. The summed E-state index contributed by atoms with van der Waals surface area (Å²) in [6, 6.07) is 15.1. The van der Waals surface area contributed by atoms with Gasteiger partial charge in [0, 0.05) is 17.7 Å². The Morgan fingerprint density at radius 1 is 1.00 bits per heavy atom. The Hall–Kier alpha value is -3.94. The van der Waals surface area contributed by atoms with E-state index >= 15 is 0 Å². The van der Waals surface area contributed by atoms with E-state index in [4.69, 9.17) is 10.5 Å². The molecule has 4 N–H and O–H groups in total. The van der Waals surface area contributed by atoms with Crippen LogP contribution in [0.3, 0.4) is 0 Å². The summed E-state index contributed by atoms with van der Waals surface area (Å²) in [5, 5.41) is 6.26. The Bertz CT molecular complexity index is 1170. The number of pyridine rings is 2. The van der Waals surface area contributed by atoms with Crippen LogP contribution in [0, 0.1) is 18.8 Å². The number of amides is 1. The molecule has 0 radical (unpaired) electrons. The monoisotopic (exact) mass is 459 g/mol. The molecule has 4 rings (SSSR count). The van der Waals surface area contributed by atoms with Crippen molar-refractivity contribution in [1.82, 2.24) is 9.97 Å². The summed E-state index contributed by atoms with van der Waals surface area (Å²) in [6.07, 6.45) is 4.41. The van der Waals surface area contributed by atoms with Gasteiger partial charge in [0.15, 0.2) is 0 Å². The third kappa shape index (κ3) is 5.33. The molecule has 1 aliphatic rings. The van der Waals surface area contributed by atoms with Gasteiger partial charge in [0.2, 0.25) is 5.91 Å². The smallest absolute Gasteiger partial charge is 0.308 e. The number of esters is 1. The van der Waals surface area contributed by atoms with E-state index in [0.717, 1.165) is 28.3 Å². The Morgan fingerprint density at radius 3 is 2.44 bits per heavy atom. The average molecular weight is 460 g/mol. The van der Waals surface area contributed by atoms with Gasteiger partial charge >= 0.3 is 5.97 Å². The van der Waals surface area contributed by atoms with E-state index in [1.54, 1.807) is 12.3 Å². The number of carbonyl (C=O) groups is 2. The maximum atomic E-state index is 12.7. The zero-order valence-corrected chi connectivity index (χ0v) is 19.4. The van der Waals surface area contributed by atoms with Crippen LogP contribution in [0.1, 0.15) is 31.4 Å². The van der Waals surface area contributed by atoms with E-state index in [-0.39, 0.29) is 23.7 Å². The van der Waals surface area contributed by atoms with Crippen molar-refractivity contribution in [1.29, 1.82) is 0 Å². The van der Waals surface area contributed by atoms with Crippen LogP contribution in [0.4, 0.5) is 22.9 Å². The molecule has 8 heteroatoms. The lowest BCUT2D eigenvalue weighted by Gasteiger charge is -2.26. The highest BCUT2D eigenvalue weighted by molar-refractivity contribution is 5.92. The molecule has 1 aromatic carbocycles. The number of nitrogen functional groups attached to an aromatic ring is 1. The molecule has 1 amide bonds. The molecule has 0 unspecified atom stereocenters. The molecule has 2 aromatic heterocycles. The van der Waals surface area contributed by atoms with E-state index in [9.17, 15) is 9.59 Å². The number of hydrogen-bond donors (Lipinski definition) is 3. The summed E-state index contributed by atoms with van der Waals surface area (Å²) in [5.74, 6) is 0.00496. The fraction of sp³-hybridized carbons (Fsp3) is 0.308. The lowest BCUT2D eigenvalue weighted by molar-refractivity contribution is -0.147. The third-order valence-electron chi connectivity index (χ3n) is 6.25. The lowest BCUT2D eigenvalue weighted by atomic mass is 9.81. The Kier molecular flexibility index (Phi) is 7.06. The number of methoxy groups -OCH3 is 1. The Morgan fingerprint density at radius 2 is 1.76 bits per heavy atom. The van der Waals surface area contributed by atoms with Crippen molar-refractivity contribution in [2.75, 3.05) is 23.5 Å². The van der Waals surface area contributed by atoms with Gasteiger partial charge in [0.05, 0.1) is 41.5 Å². The number of aryl methyl sites for hydroxylation is 1. The molecule has 0 saturated heterocycles. The first kappa shape index (κ1) is 23.2. The summed E-state index contributed by atoms with van der Waals surface area (Å²) < 4.78 is 4.82. The Labute approximate surface area is 199 Å². The van der Waals surface area contributed by atoms with Crippen molar-refractivity contribution >= 4 is 34.8 Å². The molecule has 1 aliphatic carbocycles. The van der Waals surface area contributed by atoms with E-state index in [0.29, 0.717) is 37.2 Å². The minimum Gasteiger partial charge on any atom is -0.469 e. The standard InChI is InChI=1S/C26H29N5O3/c1-16-21(30-23-15-19(10-11-20(23)27)22-5-3-4-14-28-22)12-13-24(29-16)31-25(32)17-6-8-18(9-7-17)26(33)34-2/h3-5,10-15,17-18,30H,6-9,27H2,1-2H3,(H,29,31,32). The lowest BCUT2D eigenvalue weighted by Crippen LogP contribution is -2.30. The van der Waals surface area contributed by atoms with Crippen molar-refractivity contribution in [2.24, 2.45) is 11.8 Å². The molecule has 34 heavy (non-hydrogen) atoms. The van der Waals surface area contributed by atoms with Gasteiger partial charge in [-0.3, -0.25) is 14.6 Å². The molecule has 0 bridgehead atoms. The number of benzene rings is 1. The number of ether oxygens (including phenoxy) is 1. The maximum Gasteiger partial charge on any atom is 0.308 e. The van der Waals surface area contributed by atoms with Crippen molar-refractivity contribution in [3.63, 3.8) is 0 Å². The Balaban J connectivity index is 1.41. The summed E-state index contributed by atoms with van der Waals surface area (Å²) in [6.45, 7) is 1.87. The van der Waals surface area contributed by atoms with E-state index in [1.165, 1.54) is 7.11 Å². The van der Waals surface area contributed by atoms with Crippen LogP contribution in [-0.2, 0) is 14.3 Å². The van der Waals surface area contributed by atoms with E-state index in [2.05, 4.69) is 20.6 Å². The minimum atomic E-state index is -0.189. The molecule has 0 atom stereocenters. The van der Waals surface area contributed by atoms with Gasteiger partial charge in [-0.05, 0) is 69.0 Å². The van der Waals surface area contributed by atoms with Crippen LogP contribution in [-0.4, -0.2) is 29.0 Å². The number of hydrogen-bond acceptors (Lipinski definition) is 7. The second-order valence-electron chi connectivity index (χ2n) is 8.53. The molecule has 0 aliphatic heterocycles. The van der Waals surface area contributed by atoms with Gasteiger partial charge in [-0.25, -0.2) is 4.98 Å². The number of nitrogens with zero attached hydrogens (tertiary/aromatic N) is 2. The topological polar surface area (TPSA) is 119 Å². The van der Waals surface area contributed by atoms with Gasteiger partial charge in [0.25, 0.3) is 0 Å². The van der Waals surface area contributed by atoms with Gasteiger partial charge in [0.1, 0.15) is 5.82 Å². The number of anilines is 4. The summed E-state index contributed by atoms with van der Waals surface area (Å²) in [4.78, 5) is 33.4. The zero-order chi connectivity index (χ0) is 24.1. The van der Waals surface area contributed by atoms with Crippen molar-refractivity contribution < 1.29 is 14.3 Å². The van der Waals surface area contributed by atoms with Crippen molar-refractivity contribution in [3.05, 3.63) is 60.4 Å². The average Bonchev–Trinajstić information content (AvgIpc) is 2.87. The first-order chi connectivity index (χ1) is 16.4. The quantitative estimate of drug-likeness (QED) is 0.361. The van der Waals surface area contributed by atoms with Crippen LogP contribution in [0.15, 0.2) is 54.7 Å². The summed E-state index contributed by atoms with van der Waals surface area (Å²) in [7, 11) is 1.40. The predicted octanol–water partition coefficient (Wildman–Crippen LogP) is 4.70. The van der Waals surface area contributed by atoms with E-state index in [1.807, 2.05) is 49.4 Å². The molecule has 3 aromatic rings. The van der Waals surface area contributed by atoms with Gasteiger partial charge in [-0.1, -0.05) is 12.1 Å². The van der Waals surface area contributed by atoms with Crippen LogP contribution in [0.5, 0.6) is 0 Å². The normalized spacial score (nSPS) is 17.6. The fourth-order valence-corrected chi connectivity index (χ4v) is 4.25. The predicted molar refractivity (Wildman–Crippen MR) is 132 cm³/mol. The van der Waals surface area contributed by atoms with Crippen LogP contribution < -0.4 is 16.4 Å². The van der Waals surface area contributed by atoms with Gasteiger partial charge in [-0.2, -0.15) is 0 Å². The molecule has 176 valence electrons. The first-order valence-electron chi connectivity index (χ1n) is 11.4. The fourth-order valence-electron chi connectivity index (χ4n) is 4.25. The van der Waals surface area contributed by atoms with E-state index < -0.39 is 0 Å². The summed E-state index contributed by atoms with van der Waals surface area (Å²) in [5.41, 5.74) is 10.9. The molecular weight excluding hydrogens is 430 g/mol. The van der Waals surface area contributed by atoms with Crippen molar-refractivity contribution in [3.8, 4) is 11.3 Å². The van der Waals surface area contributed by atoms with Crippen molar-refractivity contribution in [2.45, 2.75) is 32.6 Å². The third-order valence-corrected chi connectivity index (χ3v) is 6.25. The van der Waals surface area contributed by atoms with Gasteiger partial charge in [-0.15, -0.1) is 0 Å².